The average Bonchev–Trinajstić information content (AvgIpc) is 2.74. The van der Waals surface area contributed by atoms with Crippen LogP contribution in [0.15, 0.2) is 30.3 Å². The Balaban J connectivity index is 2.00. The molecule has 1 heterocycles. The first-order valence-electron chi connectivity index (χ1n) is 7.92. The molecule has 1 aromatic carbocycles. The van der Waals surface area contributed by atoms with Crippen molar-refractivity contribution in [2.24, 2.45) is 0 Å². The van der Waals surface area contributed by atoms with Gasteiger partial charge in [-0.2, -0.15) is 0 Å². The minimum atomic E-state index is 0.0668. The Hall–Kier alpha value is -0.860. The smallest absolute Gasteiger partial charge is 0.0631 e. The number of ether oxygens (including phenoxy) is 1. The Morgan fingerprint density at radius 1 is 1.25 bits per heavy atom. The number of rotatable bonds is 6. The Morgan fingerprint density at radius 2 is 1.95 bits per heavy atom. The third-order valence-electron chi connectivity index (χ3n) is 4.14. The summed E-state index contributed by atoms with van der Waals surface area (Å²) in [5.41, 5.74) is 1.49. The maximum Gasteiger partial charge on any atom is 0.0631 e. The van der Waals surface area contributed by atoms with Gasteiger partial charge in [0.2, 0.25) is 0 Å². The summed E-state index contributed by atoms with van der Waals surface area (Å²) < 4.78 is 6.18. The van der Waals surface area contributed by atoms with Gasteiger partial charge in [0, 0.05) is 12.6 Å². The lowest BCUT2D eigenvalue weighted by Gasteiger charge is -2.25. The minimum Gasteiger partial charge on any atom is -0.372 e. The second kappa shape index (κ2) is 6.73. The van der Waals surface area contributed by atoms with E-state index in [1.165, 1.54) is 18.4 Å². The van der Waals surface area contributed by atoms with Crippen molar-refractivity contribution in [3.8, 4) is 0 Å². The highest BCUT2D eigenvalue weighted by Gasteiger charge is 2.33. The number of benzene rings is 1. The van der Waals surface area contributed by atoms with Crippen molar-refractivity contribution in [3.05, 3.63) is 35.9 Å². The van der Waals surface area contributed by atoms with Gasteiger partial charge >= 0.3 is 0 Å². The van der Waals surface area contributed by atoms with E-state index >= 15 is 0 Å². The number of hydrogen-bond acceptors (Lipinski definition) is 2. The summed E-state index contributed by atoms with van der Waals surface area (Å²) in [7, 11) is 0. The van der Waals surface area contributed by atoms with Crippen LogP contribution in [0.2, 0.25) is 0 Å². The van der Waals surface area contributed by atoms with Crippen molar-refractivity contribution in [3.63, 3.8) is 0 Å². The first kappa shape index (κ1) is 15.5. The predicted molar refractivity (Wildman–Crippen MR) is 85.1 cm³/mol. The molecule has 1 aromatic rings. The van der Waals surface area contributed by atoms with Crippen molar-refractivity contribution in [2.45, 2.75) is 70.6 Å². The minimum absolute atomic E-state index is 0.0668. The Morgan fingerprint density at radius 3 is 2.50 bits per heavy atom. The Kier molecular flexibility index (Phi) is 5.22. The van der Waals surface area contributed by atoms with Gasteiger partial charge in [0.15, 0.2) is 0 Å². The quantitative estimate of drug-likeness (QED) is 0.843. The highest BCUT2D eigenvalue weighted by Crippen LogP contribution is 2.34. The van der Waals surface area contributed by atoms with E-state index in [4.69, 9.17) is 4.74 Å². The summed E-state index contributed by atoms with van der Waals surface area (Å²) in [6.07, 6.45) is 3.89. The molecular weight excluding hydrogens is 246 g/mol. The summed E-state index contributed by atoms with van der Waals surface area (Å²) in [5.74, 6) is 0.539. The highest BCUT2D eigenvalue weighted by molar-refractivity contribution is 5.20. The second-order valence-electron chi connectivity index (χ2n) is 6.94. The zero-order valence-corrected chi connectivity index (χ0v) is 13.4. The Labute approximate surface area is 123 Å². The normalized spacial score (nSPS) is 23.1. The van der Waals surface area contributed by atoms with Crippen LogP contribution in [0.1, 0.15) is 58.4 Å². The summed E-state index contributed by atoms with van der Waals surface area (Å²) >= 11 is 0. The molecule has 112 valence electrons. The van der Waals surface area contributed by atoms with E-state index in [0.717, 1.165) is 13.0 Å². The molecule has 0 bridgehead atoms. The Bertz CT molecular complexity index is 399. The van der Waals surface area contributed by atoms with Crippen LogP contribution >= 0.6 is 0 Å². The molecule has 0 saturated carbocycles. The monoisotopic (exact) mass is 275 g/mol. The third kappa shape index (κ3) is 4.60. The van der Waals surface area contributed by atoms with Crippen LogP contribution in [0.4, 0.5) is 0 Å². The predicted octanol–water partition coefficient (Wildman–Crippen LogP) is 4.12. The molecule has 2 atom stereocenters. The van der Waals surface area contributed by atoms with Crippen LogP contribution in [0.3, 0.4) is 0 Å². The van der Waals surface area contributed by atoms with Gasteiger partial charge in [0.05, 0.1) is 11.7 Å². The molecule has 1 N–H and O–H groups in total. The fraction of sp³-hybridized carbons (Fsp3) is 0.667. The van der Waals surface area contributed by atoms with E-state index in [0.29, 0.717) is 18.1 Å². The zero-order valence-electron chi connectivity index (χ0n) is 13.4. The molecule has 0 amide bonds. The lowest BCUT2D eigenvalue weighted by Crippen LogP contribution is -2.30. The SMILES string of the molecule is CC(C)NCC(CC1CCC(C)(C)O1)c1ccccc1. The molecule has 2 nitrogen and oxygen atoms in total. The van der Waals surface area contributed by atoms with Crippen molar-refractivity contribution < 1.29 is 4.74 Å². The fourth-order valence-corrected chi connectivity index (χ4v) is 3.00. The molecule has 2 heteroatoms. The van der Waals surface area contributed by atoms with Crippen LogP contribution in [0, 0.1) is 0 Å². The molecule has 1 aliphatic heterocycles. The summed E-state index contributed by atoms with van der Waals surface area (Å²) in [6.45, 7) is 9.85. The lowest BCUT2D eigenvalue weighted by atomic mass is 9.91. The van der Waals surface area contributed by atoms with Gasteiger partial charge in [0.1, 0.15) is 0 Å². The maximum absolute atomic E-state index is 6.18. The van der Waals surface area contributed by atoms with Crippen molar-refractivity contribution in [1.29, 1.82) is 0 Å². The van der Waals surface area contributed by atoms with Crippen molar-refractivity contribution in [2.75, 3.05) is 6.54 Å². The van der Waals surface area contributed by atoms with Crippen LogP contribution < -0.4 is 5.32 Å². The van der Waals surface area contributed by atoms with E-state index in [1.807, 2.05) is 0 Å². The van der Waals surface area contributed by atoms with Crippen molar-refractivity contribution in [1.82, 2.24) is 5.32 Å². The molecular formula is C18H29NO. The molecule has 1 fully saturated rings. The first-order chi connectivity index (χ1) is 9.46. The molecule has 20 heavy (non-hydrogen) atoms. The van der Waals surface area contributed by atoms with Crippen LogP contribution in [-0.4, -0.2) is 24.3 Å². The van der Waals surface area contributed by atoms with Crippen molar-refractivity contribution >= 4 is 0 Å². The molecule has 0 spiro atoms. The zero-order chi connectivity index (χ0) is 14.6. The molecule has 1 aliphatic rings. The number of hydrogen-bond donors (Lipinski definition) is 1. The molecule has 2 rings (SSSR count). The van der Waals surface area contributed by atoms with Gasteiger partial charge in [-0.05, 0) is 44.6 Å². The van der Waals surface area contributed by atoms with E-state index in [9.17, 15) is 0 Å². The summed E-state index contributed by atoms with van der Waals surface area (Å²) in [6, 6.07) is 11.4. The molecule has 2 unspecified atom stereocenters. The van der Waals surface area contributed by atoms with Gasteiger partial charge in [-0.25, -0.2) is 0 Å². The van der Waals surface area contributed by atoms with E-state index in [-0.39, 0.29) is 5.60 Å². The fourth-order valence-electron chi connectivity index (χ4n) is 3.00. The maximum atomic E-state index is 6.18. The van der Waals surface area contributed by atoms with E-state index < -0.39 is 0 Å². The largest absolute Gasteiger partial charge is 0.372 e. The number of nitrogens with one attached hydrogen (secondary N) is 1. The van der Waals surface area contributed by atoms with Gasteiger partial charge in [0.25, 0.3) is 0 Å². The van der Waals surface area contributed by atoms with Gasteiger partial charge in [-0.1, -0.05) is 44.2 Å². The summed E-state index contributed by atoms with van der Waals surface area (Å²) in [5, 5.41) is 3.58. The second-order valence-corrected chi connectivity index (χ2v) is 6.94. The lowest BCUT2D eigenvalue weighted by molar-refractivity contribution is -0.0209. The molecule has 0 aliphatic carbocycles. The van der Waals surface area contributed by atoms with Gasteiger partial charge < -0.3 is 10.1 Å². The van der Waals surface area contributed by atoms with Crippen LogP contribution in [0.5, 0.6) is 0 Å². The van der Waals surface area contributed by atoms with Gasteiger partial charge in [-0.3, -0.25) is 0 Å². The molecule has 0 radical (unpaired) electrons. The first-order valence-corrected chi connectivity index (χ1v) is 7.92. The average molecular weight is 275 g/mol. The molecule has 1 saturated heterocycles. The third-order valence-corrected chi connectivity index (χ3v) is 4.14. The summed E-state index contributed by atoms with van der Waals surface area (Å²) in [4.78, 5) is 0. The standard InChI is InChI=1S/C18H29NO/c1-14(2)19-13-16(15-8-6-5-7-9-15)12-17-10-11-18(3,4)20-17/h5-9,14,16-17,19H,10-13H2,1-4H3. The highest BCUT2D eigenvalue weighted by atomic mass is 16.5. The topological polar surface area (TPSA) is 21.3 Å². The van der Waals surface area contributed by atoms with E-state index in [1.54, 1.807) is 0 Å². The van der Waals surface area contributed by atoms with Crippen LogP contribution in [0.25, 0.3) is 0 Å². The van der Waals surface area contributed by atoms with E-state index in [2.05, 4.69) is 63.3 Å². The van der Waals surface area contributed by atoms with Crippen LogP contribution in [-0.2, 0) is 4.74 Å². The van der Waals surface area contributed by atoms with Gasteiger partial charge in [-0.15, -0.1) is 0 Å². The molecule has 0 aromatic heterocycles.